The van der Waals surface area contributed by atoms with Gasteiger partial charge in [-0.1, -0.05) is 19.3 Å². The average Bonchev–Trinajstić information content (AvgIpc) is 2.86. The lowest BCUT2D eigenvalue weighted by Crippen LogP contribution is -2.56. The average molecular weight is 266 g/mol. The molecule has 0 amide bonds. The molecule has 3 aliphatic rings. The minimum Gasteiger partial charge on any atom is -0.374 e. The predicted octanol–water partition coefficient (Wildman–Crippen LogP) is 2.41. The van der Waals surface area contributed by atoms with Gasteiger partial charge in [-0.25, -0.2) is 0 Å². The zero-order valence-electron chi connectivity index (χ0n) is 12.5. The van der Waals surface area contributed by atoms with Crippen molar-refractivity contribution < 1.29 is 4.74 Å². The van der Waals surface area contributed by atoms with Crippen LogP contribution in [0.3, 0.4) is 0 Å². The summed E-state index contributed by atoms with van der Waals surface area (Å²) in [6.07, 6.45) is 9.73. The molecule has 3 fully saturated rings. The minimum absolute atomic E-state index is 0.133. The molecule has 0 aromatic rings. The number of nitrogens with one attached hydrogen (secondary N) is 1. The molecule has 110 valence electrons. The fraction of sp³-hybridized carbons (Fsp3) is 1.00. The number of ether oxygens (including phenoxy) is 1. The van der Waals surface area contributed by atoms with Crippen molar-refractivity contribution in [2.24, 2.45) is 5.92 Å². The quantitative estimate of drug-likeness (QED) is 0.849. The van der Waals surface area contributed by atoms with Crippen LogP contribution >= 0.6 is 0 Å². The third kappa shape index (κ3) is 3.50. The number of hydrogen-bond acceptors (Lipinski definition) is 3. The molecule has 0 spiro atoms. The van der Waals surface area contributed by atoms with Crippen molar-refractivity contribution in [3.05, 3.63) is 0 Å². The molecule has 0 aromatic heterocycles. The summed E-state index contributed by atoms with van der Waals surface area (Å²) < 4.78 is 5.96. The highest BCUT2D eigenvalue weighted by atomic mass is 16.5. The molecule has 1 N–H and O–H groups in total. The summed E-state index contributed by atoms with van der Waals surface area (Å²) in [6, 6.07) is 0.735. The highest BCUT2D eigenvalue weighted by Gasteiger charge is 2.35. The molecule has 2 atom stereocenters. The first-order valence-corrected chi connectivity index (χ1v) is 8.35. The highest BCUT2D eigenvalue weighted by molar-refractivity contribution is 4.90. The van der Waals surface area contributed by atoms with Crippen LogP contribution in [0.4, 0.5) is 0 Å². The van der Waals surface area contributed by atoms with Gasteiger partial charge >= 0.3 is 0 Å². The third-order valence-electron chi connectivity index (χ3n) is 5.37. The Morgan fingerprint density at radius 1 is 1.21 bits per heavy atom. The monoisotopic (exact) mass is 266 g/mol. The van der Waals surface area contributed by atoms with Crippen molar-refractivity contribution in [3.8, 4) is 0 Å². The molecule has 1 saturated carbocycles. The second-order valence-corrected chi connectivity index (χ2v) is 7.10. The Labute approximate surface area is 118 Å². The summed E-state index contributed by atoms with van der Waals surface area (Å²) in [7, 11) is 0. The maximum Gasteiger partial charge on any atom is 0.0781 e. The Hall–Kier alpha value is -0.120. The molecular weight excluding hydrogens is 236 g/mol. The van der Waals surface area contributed by atoms with Crippen LogP contribution in [-0.4, -0.2) is 49.3 Å². The molecule has 0 aromatic carbocycles. The van der Waals surface area contributed by atoms with E-state index in [-0.39, 0.29) is 5.60 Å². The molecule has 1 aliphatic carbocycles. The Morgan fingerprint density at radius 3 is 2.79 bits per heavy atom. The van der Waals surface area contributed by atoms with E-state index >= 15 is 0 Å². The van der Waals surface area contributed by atoms with Gasteiger partial charge < -0.3 is 10.1 Å². The fourth-order valence-electron chi connectivity index (χ4n) is 4.27. The first kappa shape index (κ1) is 13.8. The summed E-state index contributed by atoms with van der Waals surface area (Å²) in [5.74, 6) is 0.925. The zero-order chi connectivity index (χ0) is 13.1. The summed E-state index contributed by atoms with van der Waals surface area (Å²) in [6.45, 7) is 8.01. The van der Waals surface area contributed by atoms with Gasteiger partial charge in [0.05, 0.1) is 5.60 Å². The van der Waals surface area contributed by atoms with Crippen LogP contribution < -0.4 is 5.32 Å². The molecule has 3 nitrogen and oxygen atoms in total. The summed E-state index contributed by atoms with van der Waals surface area (Å²) in [4.78, 5) is 2.65. The van der Waals surface area contributed by atoms with Gasteiger partial charge in [0.1, 0.15) is 0 Å². The smallest absolute Gasteiger partial charge is 0.0781 e. The van der Waals surface area contributed by atoms with E-state index in [1.165, 1.54) is 58.0 Å². The molecule has 3 rings (SSSR count). The predicted molar refractivity (Wildman–Crippen MR) is 78.4 cm³/mol. The van der Waals surface area contributed by atoms with E-state index in [9.17, 15) is 0 Å². The topological polar surface area (TPSA) is 24.5 Å². The first-order chi connectivity index (χ1) is 9.25. The van der Waals surface area contributed by atoms with Crippen LogP contribution in [0.5, 0.6) is 0 Å². The SMILES string of the molecule is CC1(CN2CCNC(C3CCCCC3)C2)CCCO1. The molecule has 3 heteroatoms. The van der Waals surface area contributed by atoms with Crippen molar-refractivity contribution in [2.75, 3.05) is 32.8 Å². The van der Waals surface area contributed by atoms with Crippen molar-refractivity contribution in [2.45, 2.75) is 63.5 Å². The molecular formula is C16H30N2O. The van der Waals surface area contributed by atoms with E-state index < -0.39 is 0 Å². The van der Waals surface area contributed by atoms with Gasteiger partial charge in [-0.3, -0.25) is 4.90 Å². The molecule has 0 radical (unpaired) electrons. The van der Waals surface area contributed by atoms with Crippen LogP contribution in [0.25, 0.3) is 0 Å². The Balaban J connectivity index is 1.52. The van der Waals surface area contributed by atoms with Crippen molar-refractivity contribution in [1.29, 1.82) is 0 Å². The maximum atomic E-state index is 5.96. The van der Waals surface area contributed by atoms with E-state index in [1.54, 1.807) is 0 Å². The summed E-state index contributed by atoms with van der Waals surface area (Å²) in [5, 5.41) is 3.77. The van der Waals surface area contributed by atoms with Crippen LogP contribution in [0.15, 0.2) is 0 Å². The standard InChI is InChI=1S/C16H30N2O/c1-16(8-5-11-19-16)13-18-10-9-17-15(12-18)14-6-3-2-4-7-14/h14-15,17H,2-13H2,1H3. The van der Waals surface area contributed by atoms with Gasteiger partial charge in [0.2, 0.25) is 0 Å². The summed E-state index contributed by atoms with van der Waals surface area (Å²) in [5.41, 5.74) is 0.133. The zero-order valence-corrected chi connectivity index (χ0v) is 12.5. The molecule has 2 aliphatic heterocycles. The molecule has 19 heavy (non-hydrogen) atoms. The van der Waals surface area contributed by atoms with Gasteiger partial charge in [0.15, 0.2) is 0 Å². The van der Waals surface area contributed by atoms with Crippen molar-refractivity contribution in [3.63, 3.8) is 0 Å². The second-order valence-electron chi connectivity index (χ2n) is 7.10. The van der Waals surface area contributed by atoms with Crippen LogP contribution in [0.1, 0.15) is 51.9 Å². The van der Waals surface area contributed by atoms with E-state index in [0.717, 1.165) is 31.7 Å². The van der Waals surface area contributed by atoms with Gasteiger partial charge in [0.25, 0.3) is 0 Å². The van der Waals surface area contributed by atoms with E-state index in [4.69, 9.17) is 4.74 Å². The largest absolute Gasteiger partial charge is 0.374 e. The van der Waals surface area contributed by atoms with Crippen LogP contribution in [-0.2, 0) is 4.74 Å². The number of rotatable bonds is 3. The van der Waals surface area contributed by atoms with E-state index in [2.05, 4.69) is 17.1 Å². The Morgan fingerprint density at radius 2 is 2.05 bits per heavy atom. The number of nitrogens with zero attached hydrogens (tertiary/aromatic N) is 1. The Kier molecular flexibility index (Phi) is 4.45. The number of hydrogen-bond donors (Lipinski definition) is 1. The van der Waals surface area contributed by atoms with Gasteiger partial charge in [-0.15, -0.1) is 0 Å². The summed E-state index contributed by atoms with van der Waals surface area (Å²) >= 11 is 0. The normalized spacial score (nSPS) is 38.7. The van der Waals surface area contributed by atoms with Crippen LogP contribution in [0.2, 0.25) is 0 Å². The van der Waals surface area contributed by atoms with Crippen molar-refractivity contribution in [1.82, 2.24) is 10.2 Å². The van der Waals surface area contributed by atoms with Gasteiger partial charge in [-0.05, 0) is 38.5 Å². The van der Waals surface area contributed by atoms with E-state index in [1.807, 2.05) is 0 Å². The highest BCUT2D eigenvalue weighted by Crippen LogP contribution is 2.30. The van der Waals surface area contributed by atoms with Crippen molar-refractivity contribution >= 4 is 0 Å². The number of piperazine rings is 1. The fourth-order valence-corrected chi connectivity index (χ4v) is 4.27. The van der Waals surface area contributed by atoms with Crippen LogP contribution in [0, 0.1) is 5.92 Å². The minimum atomic E-state index is 0.133. The molecule has 2 unspecified atom stereocenters. The second kappa shape index (κ2) is 6.11. The third-order valence-corrected chi connectivity index (χ3v) is 5.37. The van der Waals surface area contributed by atoms with Gasteiger partial charge in [-0.2, -0.15) is 0 Å². The molecule has 2 heterocycles. The molecule has 0 bridgehead atoms. The van der Waals surface area contributed by atoms with E-state index in [0.29, 0.717) is 0 Å². The first-order valence-electron chi connectivity index (χ1n) is 8.35. The van der Waals surface area contributed by atoms with Gasteiger partial charge in [0, 0.05) is 38.8 Å². The lowest BCUT2D eigenvalue weighted by Gasteiger charge is -2.41. The lowest BCUT2D eigenvalue weighted by atomic mass is 9.83. The maximum absolute atomic E-state index is 5.96. The Bertz CT molecular complexity index is 282. The lowest BCUT2D eigenvalue weighted by molar-refractivity contribution is -0.0174. The molecule has 2 saturated heterocycles.